The number of carbonyl (C=O) groups excluding carboxylic acids is 1. The predicted octanol–water partition coefficient (Wildman–Crippen LogP) is 4.88. The van der Waals surface area contributed by atoms with E-state index in [-0.39, 0.29) is 6.54 Å². The Morgan fingerprint density at radius 3 is 2.45 bits per heavy atom. The number of alkyl halides is 3. The molecule has 0 fully saturated rings. The van der Waals surface area contributed by atoms with Crippen LogP contribution in [0.1, 0.15) is 17.1 Å². The van der Waals surface area contributed by atoms with E-state index in [1.807, 2.05) is 30.3 Å². The van der Waals surface area contributed by atoms with Gasteiger partial charge in [-0.05, 0) is 12.1 Å². The highest BCUT2D eigenvalue weighted by molar-refractivity contribution is 7.18. The number of aliphatic hydroxyl groups is 1. The molecule has 0 spiro atoms. The lowest BCUT2D eigenvalue weighted by Crippen LogP contribution is -2.46. The van der Waals surface area contributed by atoms with E-state index in [1.54, 1.807) is 29.6 Å². The van der Waals surface area contributed by atoms with Gasteiger partial charge in [0.1, 0.15) is 10.0 Å². The molecule has 5 nitrogen and oxygen atoms in total. The van der Waals surface area contributed by atoms with Crippen LogP contribution >= 0.6 is 22.7 Å². The van der Waals surface area contributed by atoms with Gasteiger partial charge in [0, 0.05) is 10.9 Å². The molecule has 4 rings (SSSR count). The number of nitrogens with one attached hydrogen (secondary N) is 1. The summed E-state index contributed by atoms with van der Waals surface area (Å²) in [5.74, 6) is -0.951. The fraction of sp³-hybridized carbons (Fsp3) is 0.190. The van der Waals surface area contributed by atoms with Crippen LogP contribution in [-0.4, -0.2) is 27.2 Å². The summed E-state index contributed by atoms with van der Waals surface area (Å²) in [4.78, 5) is 20.6. The molecule has 2 N–H and O–H groups in total. The maximum absolute atomic E-state index is 13.8. The largest absolute Gasteiger partial charge is 0.424 e. The summed E-state index contributed by atoms with van der Waals surface area (Å²) in [6.07, 6.45) is -6.26. The first-order valence-corrected chi connectivity index (χ1v) is 10.9. The summed E-state index contributed by atoms with van der Waals surface area (Å²) in [6, 6.07) is 15.9. The minimum absolute atomic E-state index is 0.0457. The number of carbonyl (C=O) groups is 1. The Balaban J connectivity index is 1.48. The van der Waals surface area contributed by atoms with Gasteiger partial charge in [0.05, 0.1) is 28.9 Å². The van der Waals surface area contributed by atoms with Crippen LogP contribution in [0.25, 0.3) is 20.8 Å². The van der Waals surface area contributed by atoms with E-state index < -0.39 is 29.1 Å². The van der Waals surface area contributed by atoms with E-state index in [1.165, 1.54) is 11.3 Å². The van der Waals surface area contributed by atoms with E-state index in [0.717, 1.165) is 10.6 Å². The van der Waals surface area contributed by atoms with Crippen molar-refractivity contribution in [3.05, 3.63) is 70.7 Å². The van der Waals surface area contributed by atoms with Gasteiger partial charge in [0.2, 0.25) is 11.5 Å². The van der Waals surface area contributed by atoms with Gasteiger partial charge in [-0.25, -0.2) is 9.97 Å². The maximum atomic E-state index is 13.8. The fourth-order valence-electron chi connectivity index (χ4n) is 2.93. The van der Waals surface area contributed by atoms with Gasteiger partial charge in [-0.15, -0.1) is 22.7 Å². The Labute approximate surface area is 183 Å². The number of halogens is 3. The molecule has 4 aromatic rings. The number of nitrogens with zero attached hydrogens (tertiary/aromatic N) is 2. The Bertz CT molecular complexity index is 1170. The minimum atomic E-state index is -5.07. The van der Waals surface area contributed by atoms with Crippen molar-refractivity contribution < 1.29 is 23.1 Å². The molecule has 2 aromatic carbocycles. The Morgan fingerprint density at radius 1 is 1.03 bits per heavy atom. The summed E-state index contributed by atoms with van der Waals surface area (Å²) >= 11 is 2.09. The van der Waals surface area contributed by atoms with Gasteiger partial charge >= 0.3 is 6.18 Å². The average Bonchev–Trinajstić information content (AvgIpc) is 3.39. The first kappa shape index (κ1) is 21.4. The summed E-state index contributed by atoms with van der Waals surface area (Å²) in [5, 5.41) is 14.8. The summed E-state index contributed by atoms with van der Waals surface area (Å²) < 4.78 is 41.8. The van der Waals surface area contributed by atoms with Crippen LogP contribution < -0.4 is 5.32 Å². The Morgan fingerprint density at radius 2 is 1.74 bits per heavy atom. The summed E-state index contributed by atoms with van der Waals surface area (Å²) in [7, 11) is 0. The van der Waals surface area contributed by atoms with Gasteiger partial charge in [-0.3, -0.25) is 4.79 Å². The minimum Gasteiger partial charge on any atom is -0.374 e. The molecule has 0 saturated heterocycles. The molecule has 0 aliphatic carbocycles. The first-order valence-electron chi connectivity index (χ1n) is 9.18. The Kier molecular flexibility index (Phi) is 5.78. The summed E-state index contributed by atoms with van der Waals surface area (Å²) in [5.41, 5.74) is -1.61. The highest BCUT2D eigenvalue weighted by Gasteiger charge is 2.58. The molecule has 1 amide bonds. The van der Waals surface area contributed by atoms with Crippen molar-refractivity contribution in [2.45, 2.75) is 24.7 Å². The number of fused-ring (bicyclic) bond motifs is 1. The number of thiazole rings is 2. The van der Waals surface area contributed by atoms with Crippen molar-refractivity contribution in [2.24, 2.45) is 0 Å². The second kappa shape index (κ2) is 8.37. The highest BCUT2D eigenvalue weighted by atomic mass is 32.1. The maximum Gasteiger partial charge on any atom is 0.424 e. The van der Waals surface area contributed by atoms with Gasteiger partial charge in [-0.2, -0.15) is 13.2 Å². The molecule has 0 bridgehead atoms. The van der Waals surface area contributed by atoms with Gasteiger partial charge < -0.3 is 10.4 Å². The molecular weight excluding hydrogens is 447 g/mol. The predicted molar refractivity (Wildman–Crippen MR) is 114 cm³/mol. The second-order valence-corrected chi connectivity index (χ2v) is 8.70. The Hall–Kier alpha value is -2.82. The smallest absolute Gasteiger partial charge is 0.374 e. The van der Waals surface area contributed by atoms with Gasteiger partial charge in [0.15, 0.2) is 0 Å². The van der Waals surface area contributed by atoms with Crippen LogP contribution in [0.2, 0.25) is 0 Å². The number of para-hydroxylation sites is 1. The lowest BCUT2D eigenvalue weighted by molar-refractivity contribution is -0.267. The molecule has 0 unspecified atom stereocenters. The zero-order valence-electron chi connectivity index (χ0n) is 15.9. The lowest BCUT2D eigenvalue weighted by atomic mass is 9.99. The van der Waals surface area contributed by atoms with Crippen LogP contribution in [-0.2, 0) is 16.9 Å². The highest BCUT2D eigenvalue weighted by Crippen LogP contribution is 2.44. The quantitative estimate of drug-likeness (QED) is 0.428. The van der Waals surface area contributed by atoms with Crippen LogP contribution in [0.4, 0.5) is 13.2 Å². The molecule has 1 atom stereocenters. The van der Waals surface area contributed by atoms with Crippen LogP contribution in [0.5, 0.6) is 0 Å². The zero-order valence-corrected chi connectivity index (χ0v) is 17.5. The van der Waals surface area contributed by atoms with Gasteiger partial charge in [0.25, 0.3) is 0 Å². The van der Waals surface area contributed by atoms with Crippen molar-refractivity contribution in [1.29, 1.82) is 0 Å². The molecule has 160 valence electrons. The standard InChI is InChI=1S/C21H16F3N3O2S2/c22-21(23,24)20(29,19-27-15-8-4-5-9-16(15)31-19)10-17(28)25-11-14-12-30-18(26-14)13-6-2-1-3-7-13/h1-9,12,29H,10-11H2,(H,25,28)/t20-/m0/s1. The van der Waals surface area contributed by atoms with E-state index in [4.69, 9.17) is 0 Å². The third kappa shape index (κ3) is 4.46. The topological polar surface area (TPSA) is 75.1 Å². The molecule has 0 saturated carbocycles. The SMILES string of the molecule is O=C(C[C@](O)(c1nc2ccccc2s1)C(F)(F)F)NCc1csc(-c2ccccc2)n1. The monoisotopic (exact) mass is 463 g/mol. The third-order valence-corrected chi connectivity index (χ3v) is 6.70. The lowest BCUT2D eigenvalue weighted by Gasteiger charge is -2.27. The molecule has 2 aromatic heterocycles. The zero-order chi connectivity index (χ0) is 22.1. The average molecular weight is 464 g/mol. The number of amides is 1. The second-order valence-electron chi connectivity index (χ2n) is 6.81. The van der Waals surface area contributed by atoms with Crippen molar-refractivity contribution in [3.63, 3.8) is 0 Å². The molecule has 31 heavy (non-hydrogen) atoms. The van der Waals surface area contributed by atoms with E-state index in [9.17, 15) is 23.1 Å². The van der Waals surface area contributed by atoms with Crippen molar-refractivity contribution in [3.8, 4) is 10.6 Å². The van der Waals surface area contributed by atoms with Crippen LogP contribution in [0.15, 0.2) is 60.0 Å². The molecular formula is C21H16F3N3O2S2. The van der Waals surface area contributed by atoms with E-state index in [2.05, 4.69) is 15.3 Å². The molecule has 0 radical (unpaired) electrons. The molecule has 0 aliphatic heterocycles. The number of hydrogen-bond acceptors (Lipinski definition) is 6. The number of hydrogen-bond donors (Lipinski definition) is 2. The van der Waals surface area contributed by atoms with Crippen molar-refractivity contribution >= 4 is 38.8 Å². The van der Waals surface area contributed by atoms with E-state index in [0.29, 0.717) is 27.2 Å². The van der Waals surface area contributed by atoms with Gasteiger partial charge in [-0.1, -0.05) is 42.5 Å². The summed E-state index contributed by atoms with van der Waals surface area (Å²) in [6.45, 7) is -0.0457. The fourth-order valence-corrected chi connectivity index (χ4v) is 4.83. The van der Waals surface area contributed by atoms with Crippen LogP contribution in [0, 0.1) is 0 Å². The van der Waals surface area contributed by atoms with Crippen LogP contribution in [0.3, 0.4) is 0 Å². The molecule has 0 aliphatic rings. The molecule has 2 heterocycles. The van der Waals surface area contributed by atoms with Crippen molar-refractivity contribution in [2.75, 3.05) is 0 Å². The molecule has 10 heteroatoms. The normalized spacial score (nSPS) is 13.8. The van der Waals surface area contributed by atoms with E-state index >= 15 is 0 Å². The third-order valence-electron chi connectivity index (χ3n) is 4.57. The first-order chi connectivity index (χ1) is 14.8. The number of aromatic nitrogens is 2. The van der Waals surface area contributed by atoms with Crippen molar-refractivity contribution in [1.82, 2.24) is 15.3 Å². The number of benzene rings is 2. The number of rotatable bonds is 6.